The summed E-state index contributed by atoms with van der Waals surface area (Å²) in [4.78, 5) is 12.0. The summed E-state index contributed by atoms with van der Waals surface area (Å²) in [7, 11) is 0. The molecule has 2 aromatic rings. The van der Waals surface area contributed by atoms with E-state index >= 15 is 0 Å². The highest BCUT2D eigenvalue weighted by molar-refractivity contribution is 5.91. The third-order valence-electron chi connectivity index (χ3n) is 3.50. The molecular weight excluding hydrogens is 277 g/mol. The van der Waals surface area contributed by atoms with Gasteiger partial charge in [-0.3, -0.25) is 4.79 Å². The van der Waals surface area contributed by atoms with Crippen LogP contribution in [0.3, 0.4) is 0 Å². The molecule has 114 valence electrons. The zero-order valence-corrected chi connectivity index (χ0v) is 12.8. The molecule has 0 spiro atoms. The Hall–Kier alpha value is -2.42. The molecule has 2 rings (SSSR count). The summed E-state index contributed by atoms with van der Waals surface area (Å²) < 4.78 is 12.8. The normalized spacial score (nSPS) is 12.3. The predicted molar refractivity (Wildman–Crippen MR) is 87.8 cm³/mol. The lowest BCUT2D eigenvalue weighted by atomic mass is 10.0. The summed E-state index contributed by atoms with van der Waals surface area (Å²) in [5.41, 5.74) is 3.08. The molecule has 22 heavy (non-hydrogen) atoms. The molecule has 1 atom stereocenters. The van der Waals surface area contributed by atoms with Gasteiger partial charge in [-0.25, -0.2) is 4.39 Å². The van der Waals surface area contributed by atoms with Crippen molar-refractivity contribution in [3.8, 4) is 0 Å². The average Bonchev–Trinajstić information content (AvgIpc) is 2.53. The highest BCUT2D eigenvalue weighted by atomic mass is 19.1. The van der Waals surface area contributed by atoms with Gasteiger partial charge in [-0.05, 0) is 42.7 Å². The molecule has 0 heterocycles. The van der Waals surface area contributed by atoms with E-state index in [1.54, 1.807) is 18.2 Å². The van der Waals surface area contributed by atoms with Crippen molar-refractivity contribution in [1.82, 2.24) is 5.32 Å². The molecule has 0 aliphatic carbocycles. The van der Waals surface area contributed by atoms with Crippen LogP contribution in [0.5, 0.6) is 0 Å². The van der Waals surface area contributed by atoms with Gasteiger partial charge in [-0.15, -0.1) is 0 Å². The van der Waals surface area contributed by atoms with E-state index in [1.807, 2.05) is 38.1 Å². The Labute approximate surface area is 130 Å². The smallest absolute Gasteiger partial charge is 0.244 e. The fourth-order valence-electron chi connectivity index (χ4n) is 2.19. The fraction of sp³-hybridized carbons (Fsp3) is 0.211. The highest BCUT2D eigenvalue weighted by Crippen LogP contribution is 2.17. The second-order valence-corrected chi connectivity index (χ2v) is 5.26. The number of amides is 1. The van der Waals surface area contributed by atoms with Gasteiger partial charge in [0.15, 0.2) is 0 Å². The molecule has 0 aliphatic heterocycles. The molecule has 0 aliphatic rings. The number of halogens is 1. The van der Waals surface area contributed by atoms with Crippen molar-refractivity contribution in [3.63, 3.8) is 0 Å². The quantitative estimate of drug-likeness (QED) is 0.813. The molecule has 0 fully saturated rings. The number of nitrogens with one attached hydrogen (secondary N) is 1. The van der Waals surface area contributed by atoms with Crippen molar-refractivity contribution in [1.29, 1.82) is 0 Å². The van der Waals surface area contributed by atoms with Crippen LogP contribution in [0.2, 0.25) is 0 Å². The van der Waals surface area contributed by atoms with Gasteiger partial charge < -0.3 is 5.32 Å². The minimum absolute atomic E-state index is 0.00836. The van der Waals surface area contributed by atoms with Crippen LogP contribution >= 0.6 is 0 Å². The summed E-state index contributed by atoms with van der Waals surface area (Å²) in [6.07, 6.45) is 3.97. The number of benzene rings is 2. The largest absolute Gasteiger partial charge is 0.346 e. The van der Waals surface area contributed by atoms with Gasteiger partial charge in [0.05, 0.1) is 6.04 Å². The summed E-state index contributed by atoms with van der Waals surface area (Å²) in [5.74, 6) is -0.441. The molecule has 0 radical (unpaired) electrons. The number of hydrogen-bond donors (Lipinski definition) is 1. The van der Waals surface area contributed by atoms with Crippen LogP contribution in [0.1, 0.15) is 36.1 Å². The van der Waals surface area contributed by atoms with Gasteiger partial charge in [0.25, 0.3) is 0 Å². The van der Waals surface area contributed by atoms with E-state index in [4.69, 9.17) is 0 Å². The minimum atomic E-state index is -0.285. The zero-order valence-electron chi connectivity index (χ0n) is 12.8. The lowest BCUT2D eigenvalue weighted by Crippen LogP contribution is -2.26. The highest BCUT2D eigenvalue weighted by Gasteiger charge is 2.10. The van der Waals surface area contributed by atoms with E-state index in [2.05, 4.69) is 5.32 Å². The Morgan fingerprint density at radius 1 is 1.14 bits per heavy atom. The minimum Gasteiger partial charge on any atom is -0.346 e. The van der Waals surface area contributed by atoms with Crippen molar-refractivity contribution in [2.75, 3.05) is 0 Å². The third kappa shape index (κ3) is 4.55. The lowest BCUT2D eigenvalue weighted by Gasteiger charge is -2.16. The Balaban J connectivity index is 2.00. The Morgan fingerprint density at radius 2 is 1.77 bits per heavy atom. The summed E-state index contributed by atoms with van der Waals surface area (Å²) in [6, 6.07) is 14.2. The van der Waals surface area contributed by atoms with E-state index in [0.29, 0.717) is 0 Å². The van der Waals surface area contributed by atoms with Crippen molar-refractivity contribution in [2.24, 2.45) is 0 Å². The van der Waals surface area contributed by atoms with Crippen LogP contribution in [0.25, 0.3) is 6.08 Å². The van der Waals surface area contributed by atoms with Gasteiger partial charge >= 0.3 is 0 Å². The van der Waals surface area contributed by atoms with Gasteiger partial charge in [0.2, 0.25) is 5.91 Å². The lowest BCUT2D eigenvalue weighted by molar-refractivity contribution is -0.117. The van der Waals surface area contributed by atoms with Crippen molar-refractivity contribution >= 4 is 12.0 Å². The van der Waals surface area contributed by atoms with Crippen molar-refractivity contribution in [2.45, 2.75) is 26.3 Å². The first kappa shape index (κ1) is 16.0. The van der Waals surface area contributed by atoms with Gasteiger partial charge in [-0.1, -0.05) is 48.9 Å². The van der Waals surface area contributed by atoms with E-state index in [1.165, 1.54) is 23.8 Å². The molecule has 1 amide bonds. The van der Waals surface area contributed by atoms with Crippen LogP contribution in [0.4, 0.5) is 4.39 Å². The second-order valence-electron chi connectivity index (χ2n) is 5.26. The molecule has 2 aromatic carbocycles. The molecule has 0 unspecified atom stereocenters. The zero-order chi connectivity index (χ0) is 15.9. The molecule has 1 N–H and O–H groups in total. The standard InChI is InChI=1S/C19H20FNO/c1-3-18(16-9-4-14(2)5-10-16)21-19(22)13-8-15-6-11-17(20)12-7-15/h4-13,18H,3H2,1-2H3,(H,21,22)/b13-8+/t18-/m0/s1. The van der Waals surface area contributed by atoms with Crippen LogP contribution in [-0.4, -0.2) is 5.91 Å². The SMILES string of the molecule is CC[C@H](NC(=O)/C=C/c1ccc(F)cc1)c1ccc(C)cc1. The maximum Gasteiger partial charge on any atom is 0.244 e. The molecule has 0 saturated carbocycles. The van der Waals surface area contributed by atoms with Crippen LogP contribution in [0, 0.1) is 12.7 Å². The fourth-order valence-corrected chi connectivity index (χ4v) is 2.19. The Bertz CT molecular complexity index is 644. The number of carbonyl (C=O) groups excluding carboxylic acids is 1. The Kier molecular flexibility index (Phi) is 5.48. The molecular formula is C19H20FNO. The monoisotopic (exact) mass is 297 g/mol. The molecule has 0 aromatic heterocycles. The number of hydrogen-bond acceptors (Lipinski definition) is 1. The van der Waals surface area contributed by atoms with E-state index in [-0.39, 0.29) is 17.8 Å². The van der Waals surface area contributed by atoms with Crippen molar-refractivity contribution in [3.05, 3.63) is 77.1 Å². The maximum absolute atomic E-state index is 12.8. The Morgan fingerprint density at radius 3 is 2.36 bits per heavy atom. The first-order chi connectivity index (χ1) is 10.6. The molecule has 0 saturated heterocycles. The topological polar surface area (TPSA) is 29.1 Å². The van der Waals surface area contributed by atoms with Crippen LogP contribution in [0.15, 0.2) is 54.6 Å². The summed E-state index contributed by atoms with van der Waals surface area (Å²) in [6.45, 7) is 4.07. The van der Waals surface area contributed by atoms with Crippen LogP contribution < -0.4 is 5.32 Å². The first-order valence-electron chi connectivity index (χ1n) is 7.39. The van der Waals surface area contributed by atoms with Crippen LogP contribution in [-0.2, 0) is 4.79 Å². The summed E-state index contributed by atoms with van der Waals surface area (Å²) in [5, 5.41) is 2.98. The second kappa shape index (κ2) is 7.55. The van der Waals surface area contributed by atoms with E-state index < -0.39 is 0 Å². The molecule has 2 nitrogen and oxygen atoms in total. The average molecular weight is 297 g/mol. The van der Waals surface area contributed by atoms with E-state index in [9.17, 15) is 9.18 Å². The predicted octanol–water partition coefficient (Wildman–Crippen LogP) is 4.41. The first-order valence-corrected chi connectivity index (χ1v) is 7.39. The van der Waals surface area contributed by atoms with Gasteiger partial charge in [-0.2, -0.15) is 0 Å². The molecule has 0 bridgehead atoms. The van der Waals surface area contributed by atoms with Gasteiger partial charge in [0.1, 0.15) is 5.82 Å². The summed E-state index contributed by atoms with van der Waals surface area (Å²) >= 11 is 0. The third-order valence-corrected chi connectivity index (χ3v) is 3.50. The number of carbonyl (C=O) groups is 1. The maximum atomic E-state index is 12.8. The number of rotatable bonds is 5. The number of aryl methyl sites for hydroxylation is 1. The molecule has 3 heteroatoms. The van der Waals surface area contributed by atoms with Gasteiger partial charge in [0, 0.05) is 6.08 Å². The van der Waals surface area contributed by atoms with E-state index in [0.717, 1.165) is 17.5 Å². The van der Waals surface area contributed by atoms with Crippen molar-refractivity contribution < 1.29 is 9.18 Å².